The lowest BCUT2D eigenvalue weighted by Crippen LogP contribution is -2.73. The van der Waals surface area contributed by atoms with Crippen LogP contribution in [0.5, 0.6) is 0 Å². The van der Waals surface area contributed by atoms with Gasteiger partial charge >= 0.3 is 0 Å². The second kappa shape index (κ2) is 7.60. The number of halogens is 1. The van der Waals surface area contributed by atoms with E-state index in [0.717, 1.165) is 24.4 Å². The summed E-state index contributed by atoms with van der Waals surface area (Å²) in [4.78, 5) is 17.6. The zero-order chi connectivity index (χ0) is 22.6. The quantitative estimate of drug-likeness (QED) is 0.664. The topological polar surface area (TPSA) is 91.4 Å². The van der Waals surface area contributed by atoms with Gasteiger partial charge in [-0.3, -0.25) is 4.90 Å². The summed E-state index contributed by atoms with van der Waals surface area (Å²) in [6.07, 6.45) is -0.178. The third kappa shape index (κ3) is 3.36. The summed E-state index contributed by atoms with van der Waals surface area (Å²) in [6, 6.07) is 6.59. The Morgan fingerprint density at radius 2 is 1.94 bits per heavy atom. The summed E-state index contributed by atoms with van der Waals surface area (Å²) < 4.78 is 20.3. The largest absolute Gasteiger partial charge is 0.374 e. The minimum absolute atomic E-state index is 0.163. The lowest BCUT2D eigenvalue weighted by Gasteiger charge is -2.62. The molecule has 0 aliphatic carbocycles. The molecule has 3 atom stereocenters. The van der Waals surface area contributed by atoms with Gasteiger partial charge in [0.15, 0.2) is 5.82 Å². The highest BCUT2D eigenvalue weighted by Crippen LogP contribution is 2.48. The van der Waals surface area contributed by atoms with Gasteiger partial charge in [0.05, 0.1) is 0 Å². The number of anilines is 1. The molecular formula is C23H27FN6O2. The molecule has 3 aromatic rings. The Labute approximate surface area is 186 Å². The maximum Gasteiger partial charge on any atom is 0.258 e. The van der Waals surface area contributed by atoms with E-state index in [1.54, 1.807) is 19.1 Å². The van der Waals surface area contributed by atoms with Gasteiger partial charge in [-0.05, 0) is 58.2 Å². The number of nitrogens with zero attached hydrogens (tertiary/aromatic N) is 6. The molecule has 4 heterocycles. The zero-order valence-electron chi connectivity index (χ0n) is 18.7. The van der Waals surface area contributed by atoms with Crippen molar-refractivity contribution < 1.29 is 14.0 Å². The molecule has 5 rings (SSSR count). The van der Waals surface area contributed by atoms with Gasteiger partial charge in [0, 0.05) is 47.7 Å². The second-order valence-corrected chi connectivity index (χ2v) is 9.09. The molecule has 2 fully saturated rings. The van der Waals surface area contributed by atoms with Crippen LogP contribution in [0.4, 0.5) is 10.3 Å². The maximum atomic E-state index is 15.0. The summed E-state index contributed by atoms with van der Waals surface area (Å²) in [7, 11) is 0. The molecule has 2 aromatic heterocycles. The molecule has 0 saturated carbocycles. The third-order valence-electron chi connectivity index (χ3n) is 6.83. The number of hydrogen-bond acceptors (Lipinski definition) is 8. The Morgan fingerprint density at radius 1 is 1.19 bits per heavy atom. The highest BCUT2D eigenvalue weighted by atomic mass is 19.1. The maximum absolute atomic E-state index is 15.0. The molecule has 2 unspecified atom stereocenters. The van der Waals surface area contributed by atoms with Crippen LogP contribution >= 0.6 is 0 Å². The van der Waals surface area contributed by atoms with Gasteiger partial charge in [-0.15, -0.1) is 0 Å². The molecule has 32 heavy (non-hydrogen) atoms. The fraction of sp³-hybridized carbons (Fsp3) is 0.478. The van der Waals surface area contributed by atoms with Crippen LogP contribution in [-0.4, -0.2) is 55.3 Å². The summed E-state index contributed by atoms with van der Waals surface area (Å²) in [5.74, 6) is 1.27. The first-order chi connectivity index (χ1) is 15.3. The van der Waals surface area contributed by atoms with E-state index in [1.807, 2.05) is 24.8 Å². The number of benzene rings is 1. The highest BCUT2D eigenvalue weighted by Gasteiger charge is 2.55. The number of fused-ring (bicyclic) bond motifs is 1. The third-order valence-corrected chi connectivity index (χ3v) is 6.83. The molecule has 2 saturated heterocycles. The number of aromatic nitrogens is 4. The van der Waals surface area contributed by atoms with Crippen molar-refractivity contribution in [2.24, 2.45) is 5.92 Å². The minimum atomic E-state index is -1.14. The van der Waals surface area contributed by atoms with Crippen LogP contribution in [0.2, 0.25) is 0 Å². The normalized spacial score (nSPS) is 24.2. The van der Waals surface area contributed by atoms with Crippen molar-refractivity contribution in [2.75, 3.05) is 24.5 Å². The molecular weight excluding hydrogens is 411 g/mol. The summed E-state index contributed by atoms with van der Waals surface area (Å²) in [5, 5.41) is 15.2. The van der Waals surface area contributed by atoms with E-state index in [-0.39, 0.29) is 17.0 Å². The van der Waals surface area contributed by atoms with E-state index in [1.165, 1.54) is 6.07 Å². The predicted octanol–water partition coefficient (Wildman–Crippen LogP) is 3.18. The molecule has 8 nitrogen and oxygen atoms in total. The smallest absolute Gasteiger partial charge is 0.258 e. The van der Waals surface area contributed by atoms with Gasteiger partial charge in [-0.1, -0.05) is 11.2 Å². The monoisotopic (exact) mass is 438 g/mol. The zero-order valence-corrected chi connectivity index (χ0v) is 18.7. The van der Waals surface area contributed by atoms with Gasteiger partial charge in [-0.25, -0.2) is 14.4 Å². The van der Waals surface area contributed by atoms with Gasteiger partial charge in [0.2, 0.25) is 5.95 Å². The number of aryl methyl sites for hydroxylation is 3. The number of aliphatic hydroxyl groups excluding tert-OH is 1. The van der Waals surface area contributed by atoms with Gasteiger partial charge in [0.25, 0.3) is 5.89 Å². The van der Waals surface area contributed by atoms with E-state index in [9.17, 15) is 9.50 Å². The SMILES string of the molecule is Cc1cc(C)nc(N2CC[C@@H]3CN(C(O)c4c(F)cccc4-c4nc(C)no4)C3(C)C2)n1. The molecule has 9 heteroatoms. The van der Waals surface area contributed by atoms with Crippen LogP contribution < -0.4 is 4.90 Å². The van der Waals surface area contributed by atoms with E-state index >= 15 is 0 Å². The minimum Gasteiger partial charge on any atom is -0.374 e. The number of likely N-dealkylation sites (tertiary alicyclic amines) is 1. The first-order valence-electron chi connectivity index (χ1n) is 10.9. The first-order valence-corrected chi connectivity index (χ1v) is 10.9. The molecule has 168 valence electrons. The Hall–Kier alpha value is -2.91. The number of piperidine rings is 1. The lowest BCUT2D eigenvalue weighted by atomic mass is 9.70. The van der Waals surface area contributed by atoms with E-state index < -0.39 is 12.0 Å². The highest BCUT2D eigenvalue weighted by molar-refractivity contribution is 5.59. The van der Waals surface area contributed by atoms with Crippen molar-refractivity contribution in [3.05, 3.63) is 52.9 Å². The average molecular weight is 439 g/mol. The number of rotatable bonds is 4. The standard InChI is InChI=1S/C23H27FN6O2/c1-13-10-14(2)26-22(25-13)29-9-8-16-11-30(23(16,4)12-29)21(31)19-17(6-5-7-18(19)24)20-27-15(3)28-32-20/h5-7,10,16,21,31H,8-9,11-12H2,1-4H3/t16-,21?,23?/m1/s1. The molecule has 0 amide bonds. The molecule has 0 bridgehead atoms. The summed E-state index contributed by atoms with van der Waals surface area (Å²) in [5.41, 5.74) is 2.08. The Bertz CT molecular complexity index is 1150. The van der Waals surface area contributed by atoms with Gasteiger partial charge in [0.1, 0.15) is 12.0 Å². The molecule has 2 aliphatic heterocycles. The number of aliphatic hydroxyl groups is 1. The Balaban J connectivity index is 1.46. The molecule has 1 aromatic carbocycles. The molecule has 1 N–H and O–H groups in total. The summed E-state index contributed by atoms with van der Waals surface area (Å²) >= 11 is 0. The van der Waals surface area contributed by atoms with Crippen LogP contribution in [0.15, 0.2) is 28.8 Å². The molecule has 0 spiro atoms. The van der Waals surface area contributed by atoms with Gasteiger partial charge < -0.3 is 14.5 Å². The van der Waals surface area contributed by atoms with Crippen LogP contribution in [0.1, 0.15) is 42.3 Å². The average Bonchev–Trinajstić information content (AvgIpc) is 3.16. The fourth-order valence-electron chi connectivity index (χ4n) is 5.11. The number of hydrogen-bond donors (Lipinski definition) is 1. The van der Waals surface area contributed by atoms with Crippen LogP contribution in [0, 0.1) is 32.5 Å². The van der Waals surface area contributed by atoms with Crippen LogP contribution in [-0.2, 0) is 0 Å². The van der Waals surface area contributed by atoms with Crippen LogP contribution in [0.3, 0.4) is 0 Å². The van der Waals surface area contributed by atoms with E-state index in [2.05, 4.69) is 31.9 Å². The van der Waals surface area contributed by atoms with Gasteiger partial charge in [-0.2, -0.15) is 4.98 Å². The Morgan fingerprint density at radius 3 is 2.62 bits per heavy atom. The first kappa shape index (κ1) is 21.0. The van der Waals surface area contributed by atoms with Crippen LogP contribution in [0.25, 0.3) is 11.5 Å². The van der Waals surface area contributed by atoms with Crippen molar-refractivity contribution in [1.82, 2.24) is 25.0 Å². The predicted molar refractivity (Wildman–Crippen MR) is 116 cm³/mol. The van der Waals surface area contributed by atoms with Crippen molar-refractivity contribution in [3.8, 4) is 11.5 Å². The van der Waals surface area contributed by atoms with Crippen molar-refractivity contribution in [2.45, 2.75) is 45.9 Å². The fourth-order valence-corrected chi connectivity index (χ4v) is 5.11. The van der Waals surface area contributed by atoms with Crippen molar-refractivity contribution in [1.29, 1.82) is 0 Å². The lowest BCUT2D eigenvalue weighted by molar-refractivity contribution is -0.172. The van der Waals surface area contributed by atoms with E-state index in [0.29, 0.717) is 36.3 Å². The van der Waals surface area contributed by atoms with Crippen molar-refractivity contribution >= 4 is 5.95 Å². The molecule has 2 aliphatic rings. The summed E-state index contributed by atoms with van der Waals surface area (Å²) in [6.45, 7) is 9.96. The second-order valence-electron chi connectivity index (χ2n) is 9.09. The van der Waals surface area contributed by atoms with Crippen molar-refractivity contribution in [3.63, 3.8) is 0 Å². The Kier molecular flexibility index (Phi) is 4.98. The molecule has 0 radical (unpaired) electrons. The van der Waals surface area contributed by atoms with E-state index in [4.69, 9.17) is 4.52 Å².